The molecule has 3 N–H and O–H groups in total. The molecule has 2 aromatic rings. The Morgan fingerprint density at radius 1 is 1.09 bits per heavy atom. The first-order chi connectivity index (χ1) is 21.7. The first-order valence-electron chi connectivity index (χ1n) is 16.4. The number of fused-ring (bicyclic) bond motifs is 1. The number of nitrogens with one attached hydrogen (secondary N) is 3. The van der Waals surface area contributed by atoms with Gasteiger partial charge in [0.15, 0.2) is 0 Å². The van der Waals surface area contributed by atoms with Gasteiger partial charge >= 0.3 is 6.18 Å². The highest BCUT2D eigenvalue weighted by molar-refractivity contribution is 6.10. The summed E-state index contributed by atoms with van der Waals surface area (Å²) in [6, 6.07) is 8.79. The van der Waals surface area contributed by atoms with Gasteiger partial charge in [-0.1, -0.05) is 26.7 Å². The molecule has 0 spiro atoms. The van der Waals surface area contributed by atoms with E-state index in [2.05, 4.69) is 29.0 Å². The van der Waals surface area contributed by atoms with E-state index in [9.17, 15) is 18.0 Å². The highest BCUT2D eigenvalue weighted by atomic mass is 19.4. The monoisotopic (exact) mass is 641 g/mol. The van der Waals surface area contributed by atoms with Gasteiger partial charge in [-0.25, -0.2) is 0 Å². The summed E-state index contributed by atoms with van der Waals surface area (Å²) in [4.78, 5) is 21.2. The Kier molecular flexibility index (Phi) is 11.2. The maximum atomic E-state index is 14.4. The third kappa shape index (κ3) is 7.91. The van der Waals surface area contributed by atoms with E-state index in [1.807, 2.05) is 39.1 Å². The van der Waals surface area contributed by atoms with E-state index in [0.29, 0.717) is 30.1 Å². The molecular weight excluding hydrogens is 591 g/mol. The van der Waals surface area contributed by atoms with E-state index in [4.69, 9.17) is 10.8 Å². The van der Waals surface area contributed by atoms with E-state index in [1.165, 1.54) is 22.3 Å². The van der Waals surface area contributed by atoms with Crippen LogP contribution in [-0.4, -0.2) is 79.1 Å². The van der Waals surface area contributed by atoms with Crippen molar-refractivity contribution in [3.05, 3.63) is 58.1 Å². The molecule has 1 saturated heterocycles. The van der Waals surface area contributed by atoms with Gasteiger partial charge < -0.3 is 20.0 Å². The van der Waals surface area contributed by atoms with E-state index < -0.39 is 17.6 Å². The summed E-state index contributed by atoms with van der Waals surface area (Å²) in [6.07, 6.45) is 0.931. The minimum absolute atomic E-state index is 0.0242. The molecule has 1 amide bonds. The van der Waals surface area contributed by atoms with E-state index in [0.717, 1.165) is 63.0 Å². The molecule has 46 heavy (non-hydrogen) atoms. The van der Waals surface area contributed by atoms with Crippen molar-refractivity contribution in [1.29, 1.82) is 10.8 Å². The Balaban J connectivity index is 0.00000154. The molecule has 2 aromatic carbocycles. The number of amides is 1. The molecular formula is C35H50F3N7O. The SMILES string of the molecule is CC(C)Nc1cc(N2Cc3c(cc(CN4CCN(C)CC4)cc3C(F)(F)F)C2=O)cc(C2(CC(=N)N(C)C=N)CCC2)c1.CCC. The number of hydrogen-bond acceptors (Lipinski definition) is 6. The number of alkyl halides is 3. The average Bonchev–Trinajstić information content (AvgIpc) is 3.30. The molecule has 0 atom stereocenters. The minimum Gasteiger partial charge on any atom is -0.383 e. The standard InChI is InChI=1S/C32H42F3N7O.C3H8/c1-21(2)38-24-14-23(31(6-5-7-31)17-29(37)40(4)20-36)15-25(16-24)42-19-27-26(30(42)43)12-22(13-28(27)32(33,34)35)18-41-10-8-39(3)9-11-41;1-3-2/h12-16,20-21,36-38H,5-11,17-19H2,1-4H3;3H2,1-2H3. The topological polar surface area (TPSA) is 89.8 Å². The molecule has 2 fully saturated rings. The van der Waals surface area contributed by atoms with E-state index in [-0.39, 0.29) is 29.1 Å². The first-order valence-corrected chi connectivity index (χ1v) is 16.4. The Labute approximate surface area is 271 Å². The van der Waals surface area contributed by atoms with Gasteiger partial charge in [-0.05, 0) is 80.8 Å². The summed E-state index contributed by atoms with van der Waals surface area (Å²) in [7, 11) is 3.71. The van der Waals surface area contributed by atoms with Gasteiger partial charge in [0.2, 0.25) is 0 Å². The Hall–Kier alpha value is -3.44. The van der Waals surface area contributed by atoms with Gasteiger partial charge in [0.1, 0.15) is 5.84 Å². The molecule has 3 aliphatic rings. The summed E-state index contributed by atoms with van der Waals surface area (Å²) in [6.45, 7) is 11.7. The van der Waals surface area contributed by atoms with Crippen molar-refractivity contribution in [3.8, 4) is 0 Å². The van der Waals surface area contributed by atoms with Crippen molar-refractivity contribution in [3.63, 3.8) is 0 Å². The number of amidine groups is 1. The fourth-order valence-corrected chi connectivity index (χ4v) is 6.47. The lowest BCUT2D eigenvalue weighted by atomic mass is 9.62. The van der Waals surface area contributed by atoms with Crippen molar-refractivity contribution >= 4 is 29.5 Å². The lowest BCUT2D eigenvalue weighted by molar-refractivity contribution is -0.138. The van der Waals surface area contributed by atoms with Crippen LogP contribution in [-0.2, 0) is 24.7 Å². The van der Waals surface area contributed by atoms with Crippen LogP contribution in [0.25, 0.3) is 0 Å². The highest BCUT2D eigenvalue weighted by Crippen LogP contribution is 2.49. The van der Waals surface area contributed by atoms with Crippen LogP contribution in [0.3, 0.4) is 0 Å². The Bertz CT molecular complexity index is 1410. The summed E-state index contributed by atoms with van der Waals surface area (Å²) in [5.74, 6) is -0.0989. The Morgan fingerprint density at radius 3 is 2.28 bits per heavy atom. The number of likely N-dealkylation sites (N-methyl/N-ethyl adjacent to an activating group) is 1. The van der Waals surface area contributed by atoms with Crippen LogP contribution in [0.15, 0.2) is 30.3 Å². The number of halogens is 3. The van der Waals surface area contributed by atoms with Crippen LogP contribution in [0, 0.1) is 10.8 Å². The summed E-state index contributed by atoms with van der Waals surface area (Å²) < 4.78 is 43.2. The van der Waals surface area contributed by atoms with Gasteiger partial charge in [0.05, 0.1) is 18.4 Å². The summed E-state index contributed by atoms with van der Waals surface area (Å²) in [5.41, 5.74) is 1.87. The van der Waals surface area contributed by atoms with Crippen molar-refractivity contribution in [1.82, 2.24) is 14.7 Å². The number of carbonyl (C=O) groups excluding carboxylic acids is 1. The zero-order valence-electron chi connectivity index (χ0n) is 28.2. The van der Waals surface area contributed by atoms with Gasteiger partial charge in [0, 0.05) is 74.6 Å². The third-order valence-electron chi connectivity index (χ3n) is 9.14. The molecule has 8 nitrogen and oxygen atoms in total. The molecule has 0 radical (unpaired) electrons. The van der Waals surface area contributed by atoms with Crippen LogP contribution in [0.4, 0.5) is 24.5 Å². The number of rotatable bonds is 9. The van der Waals surface area contributed by atoms with Crippen molar-refractivity contribution in [2.45, 2.75) is 90.5 Å². The molecule has 252 valence electrons. The molecule has 1 aliphatic carbocycles. The number of nitrogens with zero attached hydrogens (tertiary/aromatic N) is 4. The smallest absolute Gasteiger partial charge is 0.383 e. The molecule has 0 bridgehead atoms. The largest absolute Gasteiger partial charge is 0.416 e. The second-order valence-corrected chi connectivity index (χ2v) is 13.4. The van der Waals surface area contributed by atoms with Crippen molar-refractivity contribution in [2.24, 2.45) is 0 Å². The summed E-state index contributed by atoms with van der Waals surface area (Å²) in [5, 5.41) is 19.5. The Morgan fingerprint density at radius 2 is 1.74 bits per heavy atom. The number of benzene rings is 2. The highest BCUT2D eigenvalue weighted by Gasteiger charge is 2.43. The molecule has 11 heteroatoms. The molecule has 2 aliphatic heterocycles. The molecule has 5 rings (SSSR count). The van der Waals surface area contributed by atoms with E-state index in [1.54, 1.807) is 13.1 Å². The van der Waals surface area contributed by atoms with Crippen LogP contribution in [0.1, 0.15) is 92.4 Å². The molecule has 0 aromatic heterocycles. The zero-order chi connectivity index (χ0) is 33.8. The first kappa shape index (κ1) is 35.4. The van der Waals surface area contributed by atoms with Crippen LogP contribution in [0.5, 0.6) is 0 Å². The second-order valence-electron chi connectivity index (χ2n) is 13.4. The predicted molar refractivity (Wildman–Crippen MR) is 180 cm³/mol. The minimum atomic E-state index is -4.58. The number of carbonyl (C=O) groups is 1. The van der Waals surface area contributed by atoms with Crippen LogP contribution >= 0.6 is 0 Å². The van der Waals surface area contributed by atoms with Gasteiger partial charge in [-0.15, -0.1) is 0 Å². The lowest BCUT2D eigenvalue weighted by Gasteiger charge is -2.44. The second kappa shape index (κ2) is 14.5. The third-order valence-corrected chi connectivity index (χ3v) is 9.14. The van der Waals surface area contributed by atoms with Gasteiger partial charge in [0.25, 0.3) is 5.91 Å². The quantitative estimate of drug-likeness (QED) is 0.200. The fraction of sp³-hybridized carbons (Fsp3) is 0.571. The predicted octanol–water partition coefficient (Wildman–Crippen LogP) is 7.18. The lowest BCUT2D eigenvalue weighted by Crippen LogP contribution is -2.43. The number of piperazine rings is 1. The van der Waals surface area contributed by atoms with Crippen molar-refractivity contribution < 1.29 is 18.0 Å². The van der Waals surface area contributed by atoms with E-state index >= 15 is 0 Å². The van der Waals surface area contributed by atoms with Gasteiger partial charge in [-0.3, -0.25) is 20.5 Å². The molecule has 2 heterocycles. The number of anilines is 2. The summed E-state index contributed by atoms with van der Waals surface area (Å²) >= 11 is 0. The maximum Gasteiger partial charge on any atom is 0.416 e. The number of hydrogen-bond donors (Lipinski definition) is 3. The zero-order valence-corrected chi connectivity index (χ0v) is 28.2. The van der Waals surface area contributed by atoms with Crippen LogP contribution < -0.4 is 10.2 Å². The average molecular weight is 642 g/mol. The fourth-order valence-electron chi connectivity index (χ4n) is 6.47. The van der Waals surface area contributed by atoms with Crippen molar-refractivity contribution in [2.75, 3.05) is 50.5 Å². The molecule has 1 saturated carbocycles. The normalized spacial score (nSPS) is 18.0. The molecule has 0 unspecified atom stereocenters. The van der Waals surface area contributed by atoms with Crippen LogP contribution in [0.2, 0.25) is 0 Å². The maximum absolute atomic E-state index is 14.4. The van der Waals surface area contributed by atoms with Gasteiger partial charge in [-0.2, -0.15) is 13.2 Å².